The Bertz CT molecular complexity index is 1570. The summed E-state index contributed by atoms with van der Waals surface area (Å²) in [7, 11) is -3.98. The van der Waals surface area contributed by atoms with E-state index in [9.17, 15) is 18.8 Å². The van der Waals surface area contributed by atoms with Gasteiger partial charge in [0, 0.05) is 5.39 Å². The average Bonchev–Trinajstić information content (AvgIpc) is 3.08. The number of anilines is 1. The standard InChI is InChI=1S/C23H18N6O3S2/c24-13-16-10-11-19-17(12-16)21(22(30)29(19)14-15-6-2-1-3-7-15)27-28-23(33)26-18-8-4-5-9-20(18)34(25,31)32/h1-12,30H,14H2,(H,26,33)(H2,25,31,32). The molecule has 9 nitrogen and oxygen atoms in total. The van der Waals surface area contributed by atoms with Gasteiger partial charge >= 0.3 is 0 Å². The van der Waals surface area contributed by atoms with Crippen LogP contribution in [0.3, 0.4) is 0 Å². The molecule has 0 radical (unpaired) electrons. The van der Waals surface area contributed by atoms with E-state index in [0.717, 1.165) is 5.56 Å². The molecule has 11 heteroatoms. The van der Waals surface area contributed by atoms with Gasteiger partial charge in [-0.25, -0.2) is 13.6 Å². The second-order valence-corrected chi connectivity index (χ2v) is 9.18. The molecule has 0 aliphatic rings. The molecule has 3 aromatic carbocycles. The Morgan fingerprint density at radius 2 is 1.82 bits per heavy atom. The SMILES string of the molecule is N#Cc1ccc2c(c1)c(N=NC(=S)Nc1ccccc1S(N)(=O)=O)c(O)n2Cc1ccccc1. The molecule has 0 saturated heterocycles. The van der Waals surface area contributed by atoms with Crippen molar-refractivity contribution in [3.8, 4) is 11.9 Å². The lowest BCUT2D eigenvalue weighted by Crippen LogP contribution is -2.16. The van der Waals surface area contributed by atoms with Crippen LogP contribution in [0.4, 0.5) is 11.4 Å². The fraction of sp³-hybridized carbons (Fsp3) is 0.0435. The fourth-order valence-electron chi connectivity index (χ4n) is 3.47. The summed E-state index contributed by atoms with van der Waals surface area (Å²) >= 11 is 5.20. The van der Waals surface area contributed by atoms with Crippen LogP contribution in [0, 0.1) is 11.3 Å². The number of nitrogens with one attached hydrogen (secondary N) is 1. The number of azo groups is 1. The first kappa shape index (κ1) is 23.1. The van der Waals surface area contributed by atoms with E-state index in [1.165, 1.54) is 18.2 Å². The number of para-hydroxylation sites is 1. The monoisotopic (exact) mass is 490 g/mol. The van der Waals surface area contributed by atoms with Gasteiger partial charge in [0.1, 0.15) is 4.90 Å². The first-order valence-electron chi connectivity index (χ1n) is 9.91. The first-order chi connectivity index (χ1) is 16.3. The van der Waals surface area contributed by atoms with Gasteiger partial charge < -0.3 is 15.0 Å². The molecule has 0 bridgehead atoms. The van der Waals surface area contributed by atoms with Crippen molar-refractivity contribution in [3.63, 3.8) is 0 Å². The van der Waals surface area contributed by atoms with Crippen molar-refractivity contribution in [3.05, 3.63) is 83.9 Å². The maximum Gasteiger partial charge on any atom is 0.240 e. The van der Waals surface area contributed by atoms with Crippen LogP contribution < -0.4 is 10.5 Å². The van der Waals surface area contributed by atoms with Gasteiger partial charge in [-0.05, 0) is 48.1 Å². The number of rotatable bonds is 5. The highest BCUT2D eigenvalue weighted by molar-refractivity contribution is 7.89. The molecule has 0 aliphatic carbocycles. The van der Waals surface area contributed by atoms with Crippen molar-refractivity contribution in [2.75, 3.05) is 5.32 Å². The molecule has 1 aromatic heterocycles. The number of nitriles is 1. The Labute approximate surface area is 200 Å². The zero-order valence-electron chi connectivity index (χ0n) is 17.6. The Morgan fingerprint density at radius 3 is 2.53 bits per heavy atom. The summed E-state index contributed by atoms with van der Waals surface area (Å²) in [4.78, 5) is -0.145. The minimum Gasteiger partial charge on any atom is -0.493 e. The van der Waals surface area contributed by atoms with Crippen LogP contribution in [0.15, 0.2) is 87.9 Å². The maximum absolute atomic E-state index is 11.8. The molecule has 170 valence electrons. The molecule has 0 aliphatic heterocycles. The van der Waals surface area contributed by atoms with Gasteiger partial charge in [0.15, 0.2) is 5.69 Å². The summed E-state index contributed by atoms with van der Waals surface area (Å²) in [5.41, 5.74) is 2.29. The summed E-state index contributed by atoms with van der Waals surface area (Å²) in [5, 5.41) is 36.7. The maximum atomic E-state index is 11.8. The number of aromatic hydroxyl groups is 1. The van der Waals surface area contributed by atoms with Crippen molar-refractivity contribution >= 4 is 49.6 Å². The second-order valence-electron chi connectivity index (χ2n) is 7.26. The smallest absolute Gasteiger partial charge is 0.240 e. The molecule has 34 heavy (non-hydrogen) atoms. The third-order valence-corrected chi connectivity index (χ3v) is 6.15. The zero-order chi connectivity index (χ0) is 24.3. The lowest BCUT2D eigenvalue weighted by molar-refractivity contribution is 0.429. The summed E-state index contributed by atoms with van der Waals surface area (Å²) < 4.78 is 25.3. The molecule has 0 amide bonds. The number of primary sulfonamides is 1. The van der Waals surface area contributed by atoms with Gasteiger partial charge in [0.2, 0.25) is 21.0 Å². The number of nitrogens with zero attached hydrogens (tertiary/aromatic N) is 4. The third kappa shape index (κ3) is 4.79. The molecule has 4 N–H and O–H groups in total. The number of sulfonamides is 1. The van der Waals surface area contributed by atoms with Crippen LogP contribution >= 0.6 is 12.2 Å². The largest absolute Gasteiger partial charge is 0.493 e. The highest BCUT2D eigenvalue weighted by Crippen LogP contribution is 2.40. The van der Waals surface area contributed by atoms with Gasteiger partial charge in [0.25, 0.3) is 0 Å². The Kier molecular flexibility index (Phi) is 6.38. The Morgan fingerprint density at radius 1 is 1.12 bits per heavy atom. The molecule has 0 atom stereocenters. The van der Waals surface area contributed by atoms with Crippen LogP contribution in [0.2, 0.25) is 0 Å². The first-order valence-corrected chi connectivity index (χ1v) is 11.9. The number of aromatic nitrogens is 1. The van der Waals surface area contributed by atoms with Crippen LogP contribution in [0.5, 0.6) is 5.88 Å². The molecule has 0 spiro atoms. The number of fused-ring (bicyclic) bond motifs is 1. The van der Waals surface area contributed by atoms with Crippen LogP contribution in [0.1, 0.15) is 11.1 Å². The van der Waals surface area contributed by atoms with Gasteiger partial charge in [0.05, 0.1) is 29.4 Å². The number of hydrogen-bond acceptors (Lipinski definition) is 6. The van der Waals surface area contributed by atoms with E-state index in [2.05, 4.69) is 21.6 Å². The van der Waals surface area contributed by atoms with E-state index >= 15 is 0 Å². The van der Waals surface area contributed by atoms with Crippen LogP contribution in [0.25, 0.3) is 10.9 Å². The van der Waals surface area contributed by atoms with Gasteiger partial charge in [-0.1, -0.05) is 42.5 Å². The predicted molar refractivity (Wildman–Crippen MR) is 132 cm³/mol. The van der Waals surface area contributed by atoms with Crippen molar-refractivity contribution < 1.29 is 13.5 Å². The van der Waals surface area contributed by atoms with Gasteiger partial charge in [-0.15, -0.1) is 10.2 Å². The van der Waals surface area contributed by atoms with Crippen molar-refractivity contribution in [1.29, 1.82) is 5.26 Å². The van der Waals surface area contributed by atoms with E-state index < -0.39 is 10.0 Å². The highest BCUT2D eigenvalue weighted by atomic mass is 32.2. The molecular weight excluding hydrogens is 472 g/mol. The second kappa shape index (κ2) is 9.40. The van der Waals surface area contributed by atoms with E-state index in [1.54, 1.807) is 28.8 Å². The molecular formula is C23H18N6O3S2. The molecule has 0 unspecified atom stereocenters. The van der Waals surface area contributed by atoms with E-state index in [1.807, 2.05) is 30.3 Å². The summed E-state index contributed by atoms with van der Waals surface area (Å²) in [6.45, 7) is 0.370. The number of hydrogen-bond donors (Lipinski definition) is 3. The normalized spacial score (nSPS) is 11.5. The quantitative estimate of drug-likeness (QED) is 0.279. The Hall–Kier alpha value is -4.11. The summed E-state index contributed by atoms with van der Waals surface area (Å²) in [6, 6.07) is 22.6. The van der Waals surface area contributed by atoms with Gasteiger partial charge in [-0.3, -0.25) is 0 Å². The van der Waals surface area contributed by atoms with Crippen LogP contribution in [-0.4, -0.2) is 23.2 Å². The van der Waals surface area contributed by atoms with Crippen LogP contribution in [-0.2, 0) is 16.6 Å². The van der Waals surface area contributed by atoms with E-state index in [-0.39, 0.29) is 27.3 Å². The Balaban J connectivity index is 1.71. The average molecular weight is 491 g/mol. The lowest BCUT2D eigenvalue weighted by Gasteiger charge is -2.08. The van der Waals surface area contributed by atoms with E-state index in [0.29, 0.717) is 23.0 Å². The molecule has 0 saturated carbocycles. The number of nitrogens with two attached hydrogens (primary N) is 1. The number of thiocarbonyl (C=S) groups is 1. The predicted octanol–water partition coefficient (Wildman–Crippen LogP) is 4.39. The van der Waals surface area contributed by atoms with Crippen molar-refractivity contribution in [1.82, 2.24) is 4.57 Å². The lowest BCUT2D eigenvalue weighted by atomic mass is 10.1. The number of benzene rings is 3. The minimum absolute atomic E-state index is 0.131. The minimum atomic E-state index is -3.98. The zero-order valence-corrected chi connectivity index (χ0v) is 19.2. The van der Waals surface area contributed by atoms with Gasteiger partial charge in [-0.2, -0.15) is 5.26 Å². The van der Waals surface area contributed by atoms with Crippen molar-refractivity contribution in [2.24, 2.45) is 15.4 Å². The summed E-state index contributed by atoms with van der Waals surface area (Å²) in [6.07, 6.45) is 0. The molecule has 1 heterocycles. The molecule has 4 aromatic rings. The van der Waals surface area contributed by atoms with Crippen molar-refractivity contribution in [2.45, 2.75) is 11.4 Å². The highest BCUT2D eigenvalue weighted by Gasteiger charge is 2.18. The van der Waals surface area contributed by atoms with E-state index in [4.69, 9.17) is 17.4 Å². The topological polar surface area (TPSA) is 146 Å². The third-order valence-electron chi connectivity index (χ3n) is 5.00. The summed E-state index contributed by atoms with van der Waals surface area (Å²) in [5.74, 6) is -0.148. The molecule has 4 rings (SSSR count). The fourth-order valence-corrected chi connectivity index (χ4v) is 4.32. The molecule has 0 fully saturated rings.